The Balaban J connectivity index is 2.31. The Hall–Kier alpha value is -0.220. The summed E-state index contributed by atoms with van der Waals surface area (Å²) < 4.78 is 29.2. The maximum absolute atomic E-state index is 12.0. The van der Waals surface area contributed by atoms with Crippen molar-refractivity contribution in [3.63, 3.8) is 0 Å². The second kappa shape index (κ2) is 4.72. The molecule has 1 aliphatic heterocycles. The first-order valence-corrected chi connectivity index (χ1v) is 4.26. The quantitative estimate of drug-likeness (QED) is 0.632. The van der Waals surface area contributed by atoms with Gasteiger partial charge >= 0.3 is 0 Å². The number of hydrogen-bond donors (Lipinski definition) is 0. The van der Waals surface area contributed by atoms with Gasteiger partial charge in [-0.1, -0.05) is 6.92 Å². The summed E-state index contributed by atoms with van der Waals surface area (Å²) in [6, 6.07) is 0. The predicted octanol–water partition coefficient (Wildman–Crippen LogP) is 1.22. The summed E-state index contributed by atoms with van der Waals surface area (Å²) in [5.41, 5.74) is 0. The summed E-state index contributed by atoms with van der Waals surface area (Å²) in [6.45, 7) is 4.54. The molecule has 1 unspecified atom stereocenters. The van der Waals surface area contributed by atoms with Crippen LogP contribution in [0.25, 0.3) is 0 Å². The zero-order valence-corrected chi connectivity index (χ0v) is 7.30. The fourth-order valence-electron chi connectivity index (χ4n) is 1.42. The van der Waals surface area contributed by atoms with Crippen molar-refractivity contribution in [2.45, 2.75) is 13.3 Å². The van der Waals surface area contributed by atoms with Crippen LogP contribution in [0.5, 0.6) is 0 Å². The summed E-state index contributed by atoms with van der Waals surface area (Å²) in [5, 5.41) is 0. The first-order chi connectivity index (χ1) is 5.68. The molecule has 0 aliphatic carbocycles. The van der Waals surface area contributed by atoms with Crippen LogP contribution in [0.2, 0.25) is 0 Å². The third-order valence-electron chi connectivity index (χ3n) is 1.92. The Labute approximate surface area is 71.5 Å². The van der Waals surface area contributed by atoms with Crippen LogP contribution in [-0.4, -0.2) is 44.2 Å². The van der Waals surface area contributed by atoms with Crippen LogP contribution in [0, 0.1) is 5.92 Å². The lowest BCUT2D eigenvalue weighted by Gasteiger charge is -2.20. The lowest BCUT2D eigenvalue weighted by atomic mass is 10.2. The fraction of sp³-hybridized carbons (Fsp3) is 1.00. The van der Waals surface area contributed by atoms with Crippen molar-refractivity contribution < 1.29 is 13.5 Å². The minimum absolute atomic E-state index is 0.117. The number of nitrogens with zero attached hydrogens (tertiary/aromatic N) is 1. The molecule has 12 heavy (non-hydrogen) atoms. The van der Waals surface area contributed by atoms with Crippen LogP contribution in [-0.2, 0) is 4.74 Å². The Morgan fingerprint density at radius 1 is 1.58 bits per heavy atom. The van der Waals surface area contributed by atoms with Gasteiger partial charge in [-0.2, -0.15) is 0 Å². The molecular formula is C8H15F2NO. The number of alkyl halides is 2. The smallest absolute Gasteiger partial charge is 0.251 e. The first kappa shape index (κ1) is 9.86. The molecule has 1 saturated heterocycles. The van der Waals surface area contributed by atoms with E-state index in [4.69, 9.17) is 4.74 Å². The standard InChI is InChI=1S/C8H15F2NO/c1-7-4-11(5-8(9)10)2-3-12-6-7/h7-8H,2-6H2,1H3. The molecule has 0 spiro atoms. The molecule has 72 valence electrons. The summed E-state index contributed by atoms with van der Waals surface area (Å²) in [7, 11) is 0. The molecule has 0 amide bonds. The molecular weight excluding hydrogens is 164 g/mol. The van der Waals surface area contributed by atoms with E-state index < -0.39 is 6.43 Å². The fourth-order valence-corrected chi connectivity index (χ4v) is 1.42. The van der Waals surface area contributed by atoms with Gasteiger partial charge in [-0.3, -0.25) is 4.90 Å². The Kier molecular flexibility index (Phi) is 3.88. The van der Waals surface area contributed by atoms with Crippen molar-refractivity contribution in [1.29, 1.82) is 0 Å². The molecule has 1 fully saturated rings. The highest BCUT2D eigenvalue weighted by Gasteiger charge is 2.17. The molecule has 0 aromatic carbocycles. The van der Waals surface area contributed by atoms with E-state index in [0.717, 1.165) is 6.54 Å². The van der Waals surface area contributed by atoms with Gasteiger partial charge in [0, 0.05) is 13.1 Å². The van der Waals surface area contributed by atoms with Gasteiger partial charge in [-0.05, 0) is 5.92 Å². The van der Waals surface area contributed by atoms with Gasteiger partial charge in [0.15, 0.2) is 0 Å². The van der Waals surface area contributed by atoms with Gasteiger partial charge in [0.05, 0.1) is 19.8 Å². The van der Waals surface area contributed by atoms with E-state index in [9.17, 15) is 8.78 Å². The molecule has 1 rings (SSSR count). The molecule has 1 aliphatic rings. The normalized spacial score (nSPS) is 27.5. The number of hydrogen-bond acceptors (Lipinski definition) is 2. The van der Waals surface area contributed by atoms with Crippen molar-refractivity contribution >= 4 is 0 Å². The number of rotatable bonds is 2. The van der Waals surface area contributed by atoms with Gasteiger partial charge in [0.1, 0.15) is 0 Å². The summed E-state index contributed by atoms with van der Waals surface area (Å²) in [4.78, 5) is 1.77. The van der Waals surface area contributed by atoms with Crippen LogP contribution in [0.15, 0.2) is 0 Å². The second-order valence-electron chi connectivity index (χ2n) is 3.33. The molecule has 0 aromatic rings. The molecule has 0 N–H and O–H groups in total. The zero-order valence-electron chi connectivity index (χ0n) is 7.30. The van der Waals surface area contributed by atoms with E-state index in [0.29, 0.717) is 25.7 Å². The van der Waals surface area contributed by atoms with Crippen LogP contribution in [0.1, 0.15) is 6.92 Å². The summed E-state index contributed by atoms with van der Waals surface area (Å²) >= 11 is 0. The largest absolute Gasteiger partial charge is 0.380 e. The highest BCUT2D eigenvalue weighted by atomic mass is 19.3. The minimum atomic E-state index is -2.23. The maximum atomic E-state index is 12.0. The molecule has 2 nitrogen and oxygen atoms in total. The third-order valence-corrected chi connectivity index (χ3v) is 1.92. The Morgan fingerprint density at radius 3 is 3.00 bits per heavy atom. The van der Waals surface area contributed by atoms with Gasteiger partial charge in [0.25, 0.3) is 6.43 Å². The Morgan fingerprint density at radius 2 is 2.33 bits per heavy atom. The molecule has 4 heteroatoms. The van der Waals surface area contributed by atoms with E-state index >= 15 is 0 Å². The average Bonchev–Trinajstić information content (AvgIpc) is 2.12. The van der Waals surface area contributed by atoms with Crippen molar-refractivity contribution in [3.8, 4) is 0 Å². The van der Waals surface area contributed by atoms with Crippen LogP contribution in [0.4, 0.5) is 8.78 Å². The summed E-state index contributed by atoms with van der Waals surface area (Å²) in [5.74, 6) is 0.367. The second-order valence-corrected chi connectivity index (χ2v) is 3.33. The van der Waals surface area contributed by atoms with Crippen LogP contribution < -0.4 is 0 Å². The van der Waals surface area contributed by atoms with Crippen molar-refractivity contribution in [3.05, 3.63) is 0 Å². The lowest BCUT2D eigenvalue weighted by Crippen LogP contribution is -2.33. The zero-order chi connectivity index (χ0) is 8.97. The molecule has 0 bridgehead atoms. The SMILES string of the molecule is CC1COCCN(CC(F)F)C1. The highest BCUT2D eigenvalue weighted by Crippen LogP contribution is 2.07. The van der Waals surface area contributed by atoms with Crippen molar-refractivity contribution in [1.82, 2.24) is 4.90 Å². The van der Waals surface area contributed by atoms with E-state index in [-0.39, 0.29) is 6.54 Å². The predicted molar refractivity (Wildman–Crippen MR) is 42.4 cm³/mol. The third kappa shape index (κ3) is 3.45. The van der Waals surface area contributed by atoms with E-state index in [1.807, 2.05) is 6.92 Å². The van der Waals surface area contributed by atoms with E-state index in [2.05, 4.69) is 0 Å². The van der Waals surface area contributed by atoms with Gasteiger partial charge in [0.2, 0.25) is 0 Å². The van der Waals surface area contributed by atoms with Gasteiger partial charge in [-0.15, -0.1) is 0 Å². The minimum Gasteiger partial charge on any atom is -0.380 e. The molecule has 1 atom stereocenters. The highest BCUT2D eigenvalue weighted by molar-refractivity contribution is 4.66. The topological polar surface area (TPSA) is 12.5 Å². The van der Waals surface area contributed by atoms with Gasteiger partial charge in [-0.25, -0.2) is 8.78 Å². The average molecular weight is 179 g/mol. The van der Waals surface area contributed by atoms with E-state index in [1.54, 1.807) is 4.90 Å². The maximum Gasteiger partial charge on any atom is 0.251 e. The van der Waals surface area contributed by atoms with Crippen LogP contribution in [0.3, 0.4) is 0 Å². The molecule has 1 heterocycles. The first-order valence-electron chi connectivity index (χ1n) is 4.26. The van der Waals surface area contributed by atoms with Crippen molar-refractivity contribution in [2.24, 2.45) is 5.92 Å². The molecule has 0 aromatic heterocycles. The summed E-state index contributed by atoms with van der Waals surface area (Å²) in [6.07, 6.45) is -2.23. The lowest BCUT2D eigenvalue weighted by molar-refractivity contribution is 0.0828. The monoisotopic (exact) mass is 179 g/mol. The Bertz CT molecular complexity index is 132. The van der Waals surface area contributed by atoms with Gasteiger partial charge < -0.3 is 4.74 Å². The number of ether oxygens (including phenoxy) is 1. The van der Waals surface area contributed by atoms with Crippen LogP contribution >= 0.6 is 0 Å². The number of halogens is 2. The molecule has 0 radical (unpaired) electrons. The van der Waals surface area contributed by atoms with Crippen molar-refractivity contribution in [2.75, 3.05) is 32.8 Å². The molecule has 0 saturated carbocycles. The van der Waals surface area contributed by atoms with E-state index in [1.165, 1.54) is 0 Å².